The van der Waals surface area contributed by atoms with Crippen LogP contribution in [0, 0.1) is 5.41 Å². The Balaban J connectivity index is 1.92. The first-order chi connectivity index (χ1) is 9.48. The lowest BCUT2D eigenvalue weighted by Crippen LogP contribution is -2.50. The molecule has 0 bridgehead atoms. The first kappa shape index (κ1) is 15.1. The number of carboxylic acids is 1. The lowest BCUT2D eigenvalue weighted by atomic mass is 9.84. The average molecular weight is 284 g/mol. The fourth-order valence-corrected chi connectivity index (χ4v) is 3.19. The Labute approximate surface area is 119 Å². The molecule has 2 fully saturated rings. The molecule has 3 N–H and O–H groups in total. The van der Waals surface area contributed by atoms with Crippen molar-refractivity contribution in [1.29, 1.82) is 0 Å². The van der Waals surface area contributed by atoms with E-state index in [0.29, 0.717) is 19.4 Å². The van der Waals surface area contributed by atoms with Gasteiger partial charge in [0.25, 0.3) is 0 Å². The smallest absolute Gasteiger partial charge is 0.317 e. The Hall–Kier alpha value is -1.30. The molecule has 6 nitrogen and oxygen atoms in total. The quantitative estimate of drug-likeness (QED) is 0.726. The van der Waals surface area contributed by atoms with Gasteiger partial charge < -0.3 is 20.4 Å². The highest BCUT2D eigenvalue weighted by molar-refractivity contribution is 5.79. The van der Waals surface area contributed by atoms with Crippen LogP contribution in [0.4, 0.5) is 4.79 Å². The molecule has 3 unspecified atom stereocenters. The first-order valence-corrected chi connectivity index (χ1v) is 7.45. The minimum absolute atomic E-state index is 0.197. The van der Waals surface area contributed by atoms with Crippen molar-refractivity contribution in [2.24, 2.45) is 5.41 Å². The number of nitrogens with one attached hydrogen (secondary N) is 1. The van der Waals surface area contributed by atoms with Crippen LogP contribution in [0.3, 0.4) is 0 Å². The molecule has 0 radical (unpaired) electrons. The van der Waals surface area contributed by atoms with Gasteiger partial charge in [-0.25, -0.2) is 4.79 Å². The fraction of sp³-hybridized carbons (Fsp3) is 0.857. The minimum atomic E-state index is -0.826. The molecule has 0 aromatic rings. The Bertz CT molecular complexity index is 387. The monoisotopic (exact) mass is 284 g/mol. The van der Waals surface area contributed by atoms with E-state index in [4.69, 9.17) is 0 Å². The summed E-state index contributed by atoms with van der Waals surface area (Å²) in [6, 6.07) is -0.440. The zero-order valence-corrected chi connectivity index (χ0v) is 12.0. The molecular formula is C14H24N2O4. The number of carboxylic acid groups (broad SMARTS) is 1. The molecular weight excluding hydrogens is 260 g/mol. The molecule has 1 heterocycles. The van der Waals surface area contributed by atoms with Crippen LogP contribution in [-0.4, -0.2) is 52.3 Å². The predicted molar refractivity (Wildman–Crippen MR) is 73.3 cm³/mol. The third kappa shape index (κ3) is 2.90. The summed E-state index contributed by atoms with van der Waals surface area (Å²) in [4.78, 5) is 25.1. The van der Waals surface area contributed by atoms with E-state index in [1.807, 2.05) is 6.92 Å². The van der Waals surface area contributed by atoms with Crippen LogP contribution >= 0.6 is 0 Å². The molecule has 2 aliphatic rings. The summed E-state index contributed by atoms with van der Waals surface area (Å²) in [5, 5.41) is 22.1. The highest BCUT2D eigenvalue weighted by Gasteiger charge is 2.45. The summed E-state index contributed by atoms with van der Waals surface area (Å²) >= 11 is 0. The molecule has 6 heteroatoms. The average Bonchev–Trinajstić information content (AvgIpc) is 2.87. The molecule has 3 atom stereocenters. The molecule has 1 aliphatic carbocycles. The van der Waals surface area contributed by atoms with Crippen LogP contribution in [0.5, 0.6) is 0 Å². The van der Waals surface area contributed by atoms with E-state index in [2.05, 4.69) is 5.32 Å². The summed E-state index contributed by atoms with van der Waals surface area (Å²) in [5.74, 6) is -0.826. The van der Waals surface area contributed by atoms with Crippen molar-refractivity contribution < 1.29 is 19.8 Å². The molecule has 1 aliphatic heterocycles. The molecule has 1 saturated carbocycles. The molecule has 0 spiro atoms. The van der Waals surface area contributed by atoms with Gasteiger partial charge in [0.15, 0.2) is 0 Å². The highest BCUT2D eigenvalue weighted by atomic mass is 16.4. The Morgan fingerprint density at radius 1 is 1.35 bits per heavy atom. The minimum Gasteiger partial charge on any atom is -0.481 e. The molecule has 0 aromatic carbocycles. The number of carbonyl (C=O) groups is 2. The van der Waals surface area contributed by atoms with Crippen LogP contribution in [0.1, 0.15) is 45.4 Å². The van der Waals surface area contributed by atoms with E-state index in [1.54, 1.807) is 4.90 Å². The Morgan fingerprint density at radius 2 is 2.05 bits per heavy atom. The van der Waals surface area contributed by atoms with Crippen LogP contribution in [0.25, 0.3) is 0 Å². The van der Waals surface area contributed by atoms with Crippen molar-refractivity contribution in [2.45, 2.75) is 57.6 Å². The van der Waals surface area contributed by atoms with Gasteiger partial charge >= 0.3 is 12.0 Å². The Kier molecular flexibility index (Phi) is 4.52. The van der Waals surface area contributed by atoms with Gasteiger partial charge in [0, 0.05) is 13.1 Å². The SMILES string of the molecule is CCC1(C(=O)O)CCN(C(=O)NC2CCCCC2O)C1. The number of rotatable bonds is 3. The highest BCUT2D eigenvalue weighted by Crippen LogP contribution is 2.34. The molecule has 1 saturated heterocycles. The topological polar surface area (TPSA) is 89.9 Å². The van der Waals surface area contributed by atoms with Crippen LogP contribution in [-0.2, 0) is 4.79 Å². The number of aliphatic hydroxyl groups is 1. The number of amides is 2. The molecule has 2 rings (SSSR count). The van der Waals surface area contributed by atoms with E-state index in [0.717, 1.165) is 25.7 Å². The summed E-state index contributed by atoms with van der Waals surface area (Å²) in [6.07, 6.45) is 4.06. The van der Waals surface area contributed by atoms with Crippen molar-refractivity contribution in [2.75, 3.05) is 13.1 Å². The predicted octanol–water partition coefficient (Wildman–Crippen LogP) is 1.19. The van der Waals surface area contributed by atoms with Gasteiger partial charge in [0.05, 0.1) is 17.6 Å². The fourth-order valence-electron chi connectivity index (χ4n) is 3.19. The third-order valence-electron chi connectivity index (χ3n) is 4.81. The van der Waals surface area contributed by atoms with Crippen LogP contribution < -0.4 is 5.32 Å². The van der Waals surface area contributed by atoms with E-state index >= 15 is 0 Å². The molecule has 20 heavy (non-hydrogen) atoms. The van der Waals surface area contributed by atoms with Gasteiger partial charge in [-0.3, -0.25) is 4.79 Å². The summed E-state index contributed by atoms with van der Waals surface area (Å²) in [5.41, 5.74) is -0.803. The van der Waals surface area contributed by atoms with Gasteiger partial charge in [-0.15, -0.1) is 0 Å². The second-order valence-corrected chi connectivity index (χ2v) is 6.02. The van der Waals surface area contributed by atoms with Crippen molar-refractivity contribution in [3.05, 3.63) is 0 Å². The summed E-state index contributed by atoms with van der Waals surface area (Å²) in [7, 11) is 0. The zero-order chi connectivity index (χ0) is 14.8. The molecule has 114 valence electrons. The number of urea groups is 1. The second-order valence-electron chi connectivity index (χ2n) is 6.02. The third-order valence-corrected chi connectivity index (χ3v) is 4.81. The van der Waals surface area contributed by atoms with E-state index < -0.39 is 17.5 Å². The van der Waals surface area contributed by atoms with Crippen molar-refractivity contribution in [3.8, 4) is 0 Å². The number of carbonyl (C=O) groups excluding carboxylic acids is 1. The largest absolute Gasteiger partial charge is 0.481 e. The van der Waals surface area contributed by atoms with E-state index in [1.165, 1.54) is 0 Å². The standard InChI is InChI=1S/C14H24N2O4/c1-2-14(12(18)19)7-8-16(9-14)13(20)15-10-5-3-4-6-11(10)17/h10-11,17H,2-9H2,1H3,(H,15,20)(H,18,19). The van der Waals surface area contributed by atoms with Crippen LogP contribution in [0.15, 0.2) is 0 Å². The Morgan fingerprint density at radius 3 is 2.60 bits per heavy atom. The number of likely N-dealkylation sites (tertiary alicyclic amines) is 1. The first-order valence-electron chi connectivity index (χ1n) is 7.45. The van der Waals surface area contributed by atoms with Gasteiger partial charge in [-0.05, 0) is 25.7 Å². The number of nitrogens with zero attached hydrogens (tertiary/aromatic N) is 1. The van der Waals surface area contributed by atoms with Gasteiger partial charge in [-0.2, -0.15) is 0 Å². The maximum Gasteiger partial charge on any atom is 0.317 e. The lowest BCUT2D eigenvalue weighted by Gasteiger charge is -2.30. The molecule has 0 aromatic heterocycles. The van der Waals surface area contributed by atoms with Gasteiger partial charge in [-0.1, -0.05) is 19.8 Å². The maximum atomic E-state index is 12.2. The van der Waals surface area contributed by atoms with Crippen molar-refractivity contribution in [1.82, 2.24) is 10.2 Å². The maximum absolute atomic E-state index is 12.2. The number of aliphatic hydroxyl groups excluding tert-OH is 1. The van der Waals surface area contributed by atoms with Gasteiger partial charge in [0.2, 0.25) is 0 Å². The number of hydrogen-bond donors (Lipinski definition) is 3. The normalized spacial score (nSPS) is 34.0. The molecule has 2 amide bonds. The number of aliphatic carboxylic acids is 1. The van der Waals surface area contributed by atoms with Crippen molar-refractivity contribution in [3.63, 3.8) is 0 Å². The van der Waals surface area contributed by atoms with Gasteiger partial charge in [0.1, 0.15) is 0 Å². The van der Waals surface area contributed by atoms with Crippen molar-refractivity contribution >= 4 is 12.0 Å². The summed E-state index contributed by atoms with van der Waals surface area (Å²) < 4.78 is 0. The van der Waals surface area contributed by atoms with E-state index in [9.17, 15) is 19.8 Å². The summed E-state index contributed by atoms with van der Waals surface area (Å²) in [6.45, 7) is 2.57. The number of hydrogen-bond acceptors (Lipinski definition) is 3. The van der Waals surface area contributed by atoms with E-state index in [-0.39, 0.29) is 18.6 Å². The zero-order valence-electron chi connectivity index (χ0n) is 12.0. The van der Waals surface area contributed by atoms with Crippen LogP contribution in [0.2, 0.25) is 0 Å². The second kappa shape index (κ2) is 5.99. The lowest BCUT2D eigenvalue weighted by molar-refractivity contribution is -0.148.